The van der Waals surface area contributed by atoms with Crippen LogP contribution in [0.2, 0.25) is 0 Å². The molecule has 2 aliphatic rings. The summed E-state index contributed by atoms with van der Waals surface area (Å²) in [5, 5.41) is 3.45. The number of anilines is 4. The van der Waals surface area contributed by atoms with Crippen LogP contribution in [0, 0.1) is 11.7 Å². The zero-order valence-electron chi connectivity index (χ0n) is 21.6. The molecule has 2 fully saturated rings. The standard InChI is InChI=1S/C27H32FN9O2/c28-21-1-2-23(24(13-21)37(18-38)25-16-30-7-8-31-25)34-22-5-11-36(12-6-22)26(39)20-3-9-35(10-4-20)17-19-14-32-27(29)33-15-19/h1-2,7-8,13-16,18,20,22,34H,3-6,9-12,17H2,(H2,29,32,33). The van der Waals surface area contributed by atoms with Crippen LogP contribution in [0.3, 0.4) is 0 Å². The molecule has 2 saturated heterocycles. The minimum Gasteiger partial charge on any atom is -0.380 e. The number of piperidine rings is 2. The molecule has 0 aliphatic carbocycles. The van der Waals surface area contributed by atoms with Crippen LogP contribution >= 0.6 is 0 Å². The van der Waals surface area contributed by atoms with Gasteiger partial charge in [-0.05, 0) is 50.9 Å². The van der Waals surface area contributed by atoms with Gasteiger partial charge in [0.05, 0.1) is 17.6 Å². The third-order valence-corrected chi connectivity index (χ3v) is 7.36. The Balaban J connectivity index is 1.14. The molecule has 0 saturated carbocycles. The van der Waals surface area contributed by atoms with E-state index < -0.39 is 5.82 Å². The minimum atomic E-state index is -0.459. The van der Waals surface area contributed by atoms with Crippen LogP contribution in [-0.4, -0.2) is 74.3 Å². The minimum absolute atomic E-state index is 0.0326. The second kappa shape index (κ2) is 12.1. The molecule has 3 aromatic rings. The van der Waals surface area contributed by atoms with Gasteiger partial charge in [0.15, 0.2) is 5.82 Å². The highest BCUT2D eigenvalue weighted by molar-refractivity contribution is 5.90. The fraction of sp³-hybridized carbons (Fsp3) is 0.407. The second-order valence-electron chi connectivity index (χ2n) is 9.94. The van der Waals surface area contributed by atoms with Gasteiger partial charge in [-0.25, -0.2) is 19.3 Å². The fourth-order valence-electron chi connectivity index (χ4n) is 5.24. The molecule has 12 heteroatoms. The van der Waals surface area contributed by atoms with Gasteiger partial charge in [-0.15, -0.1) is 0 Å². The van der Waals surface area contributed by atoms with Crippen LogP contribution in [0.25, 0.3) is 0 Å². The highest BCUT2D eigenvalue weighted by Crippen LogP contribution is 2.32. The Labute approximate surface area is 226 Å². The van der Waals surface area contributed by atoms with Gasteiger partial charge in [-0.3, -0.25) is 24.4 Å². The molecule has 5 rings (SSSR count). The number of likely N-dealkylation sites (tertiary alicyclic amines) is 2. The van der Waals surface area contributed by atoms with E-state index in [1.807, 2.05) is 4.90 Å². The Bertz CT molecular complexity index is 1260. The fourth-order valence-corrected chi connectivity index (χ4v) is 5.24. The monoisotopic (exact) mass is 533 g/mol. The van der Waals surface area contributed by atoms with Crippen molar-refractivity contribution in [3.63, 3.8) is 0 Å². The van der Waals surface area contributed by atoms with Crippen molar-refractivity contribution in [1.29, 1.82) is 0 Å². The molecule has 0 bridgehead atoms. The van der Waals surface area contributed by atoms with E-state index in [9.17, 15) is 14.0 Å². The number of nitrogens with two attached hydrogens (primary N) is 1. The Morgan fingerprint density at radius 1 is 1.05 bits per heavy atom. The molecular formula is C27H32FN9O2. The van der Waals surface area contributed by atoms with E-state index in [1.54, 1.807) is 18.5 Å². The smallest absolute Gasteiger partial charge is 0.225 e. The van der Waals surface area contributed by atoms with Gasteiger partial charge in [-0.1, -0.05) is 0 Å². The predicted octanol–water partition coefficient (Wildman–Crippen LogP) is 2.60. The third kappa shape index (κ3) is 6.45. The summed E-state index contributed by atoms with van der Waals surface area (Å²) >= 11 is 0. The molecule has 11 nitrogen and oxygen atoms in total. The Kier molecular flexibility index (Phi) is 8.21. The molecule has 2 amide bonds. The summed E-state index contributed by atoms with van der Waals surface area (Å²) in [4.78, 5) is 47.0. The summed E-state index contributed by atoms with van der Waals surface area (Å²) in [6, 6.07) is 4.37. The van der Waals surface area contributed by atoms with Crippen LogP contribution in [0.1, 0.15) is 31.2 Å². The first kappa shape index (κ1) is 26.4. The maximum Gasteiger partial charge on any atom is 0.225 e. The largest absolute Gasteiger partial charge is 0.380 e. The number of nitrogens with zero attached hydrogens (tertiary/aromatic N) is 7. The number of carbonyl (C=O) groups excluding carboxylic acids is 2. The number of halogens is 1. The van der Waals surface area contributed by atoms with Crippen molar-refractivity contribution >= 4 is 35.5 Å². The van der Waals surface area contributed by atoms with E-state index in [0.29, 0.717) is 36.7 Å². The molecule has 0 radical (unpaired) electrons. The van der Waals surface area contributed by atoms with Crippen molar-refractivity contribution in [2.45, 2.75) is 38.3 Å². The van der Waals surface area contributed by atoms with E-state index >= 15 is 0 Å². The maximum absolute atomic E-state index is 14.1. The van der Waals surface area contributed by atoms with Gasteiger partial charge in [-0.2, -0.15) is 0 Å². The number of nitrogen functional groups attached to an aromatic ring is 1. The first-order valence-electron chi connectivity index (χ1n) is 13.1. The van der Waals surface area contributed by atoms with Gasteiger partial charge < -0.3 is 16.0 Å². The van der Waals surface area contributed by atoms with E-state index in [-0.39, 0.29) is 23.8 Å². The molecule has 0 spiro atoms. The van der Waals surface area contributed by atoms with Gasteiger partial charge in [0.2, 0.25) is 18.3 Å². The van der Waals surface area contributed by atoms with Crippen molar-refractivity contribution < 1.29 is 14.0 Å². The Hall–Kier alpha value is -4.19. The first-order valence-corrected chi connectivity index (χ1v) is 13.1. The number of rotatable bonds is 8. The highest BCUT2D eigenvalue weighted by Gasteiger charge is 2.31. The molecule has 1 aromatic carbocycles. The van der Waals surface area contributed by atoms with Crippen LogP contribution in [-0.2, 0) is 16.1 Å². The van der Waals surface area contributed by atoms with E-state index in [0.717, 1.165) is 50.9 Å². The SMILES string of the molecule is Nc1ncc(CN2CCC(C(=O)N3CCC(Nc4ccc(F)cc4N(C=O)c4cnccn4)CC3)CC2)cn1. The number of carbonyl (C=O) groups is 2. The molecule has 3 N–H and O–H groups in total. The van der Waals surface area contributed by atoms with Gasteiger partial charge in [0.25, 0.3) is 0 Å². The van der Waals surface area contributed by atoms with Crippen molar-refractivity contribution in [2.24, 2.45) is 5.92 Å². The molecule has 0 unspecified atom stereocenters. The summed E-state index contributed by atoms with van der Waals surface area (Å²) in [6.45, 7) is 3.76. The average molecular weight is 534 g/mol. The third-order valence-electron chi connectivity index (χ3n) is 7.36. The zero-order valence-corrected chi connectivity index (χ0v) is 21.6. The molecule has 2 aliphatic heterocycles. The molecule has 204 valence electrons. The van der Waals surface area contributed by atoms with Gasteiger partial charge >= 0.3 is 0 Å². The lowest BCUT2D eigenvalue weighted by Crippen LogP contribution is -2.47. The summed E-state index contributed by atoms with van der Waals surface area (Å²) < 4.78 is 14.1. The summed E-state index contributed by atoms with van der Waals surface area (Å²) in [5.74, 6) is 0.366. The lowest BCUT2D eigenvalue weighted by molar-refractivity contribution is -0.138. The zero-order chi connectivity index (χ0) is 27.2. The predicted molar refractivity (Wildman–Crippen MR) is 144 cm³/mol. The normalized spacial score (nSPS) is 17.1. The van der Waals surface area contributed by atoms with Gasteiger partial charge in [0, 0.05) is 68.0 Å². The Morgan fingerprint density at radius 3 is 2.46 bits per heavy atom. The maximum atomic E-state index is 14.1. The molecular weight excluding hydrogens is 501 g/mol. The second-order valence-corrected chi connectivity index (χ2v) is 9.94. The number of benzene rings is 1. The van der Waals surface area contributed by atoms with E-state index in [1.165, 1.54) is 35.6 Å². The van der Waals surface area contributed by atoms with Gasteiger partial charge in [0.1, 0.15) is 5.82 Å². The lowest BCUT2D eigenvalue weighted by atomic mass is 9.93. The van der Waals surface area contributed by atoms with Crippen molar-refractivity contribution in [2.75, 3.05) is 42.1 Å². The van der Waals surface area contributed by atoms with Crippen molar-refractivity contribution in [3.8, 4) is 0 Å². The molecule has 39 heavy (non-hydrogen) atoms. The van der Waals surface area contributed by atoms with Crippen LogP contribution in [0.5, 0.6) is 0 Å². The number of aromatic nitrogens is 4. The average Bonchev–Trinajstić information content (AvgIpc) is 2.97. The van der Waals surface area contributed by atoms with Crippen molar-refractivity contribution in [3.05, 3.63) is 60.6 Å². The number of nitrogens with one attached hydrogen (secondary N) is 1. The molecule has 2 aromatic heterocycles. The van der Waals surface area contributed by atoms with E-state index in [4.69, 9.17) is 5.73 Å². The topological polar surface area (TPSA) is 133 Å². The lowest BCUT2D eigenvalue weighted by Gasteiger charge is -2.38. The Morgan fingerprint density at radius 2 is 1.79 bits per heavy atom. The highest BCUT2D eigenvalue weighted by atomic mass is 19.1. The number of hydrogen-bond donors (Lipinski definition) is 2. The van der Waals surface area contributed by atoms with Crippen LogP contribution in [0.4, 0.5) is 27.5 Å². The summed E-state index contributed by atoms with van der Waals surface area (Å²) in [7, 11) is 0. The van der Waals surface area contributed by atoms with Crippen LogP contribution < -0.4 is 16.0 Å². The number of amides is 2. The number of hydrogen-bond acceptors (Lipinski definition) is 9. The van der Waals surface area contributed by atoms with Crippen LogP contribution in [0.15, 0.2) is 49.2 Å². The quantitative estimate of drug-likeness (QED) is 0.419. The molecule has 4 heterocycles. The summed E-state index contributed by atoms with van der Waals surface area (Å²) in [6.07, 6.45) is 11.7. The summed E-state index contributed by atoms with van der Waals surface area (Å²) in [5.41, 5.74) is 7.57. The molecule has 0 atom stereocenters. The first-order chi connectivity index (χ1) is 19.0. The van der Waals surface area contributed by atoms with E-state index in [2.05, 4.69) is 30.2 Å². The van der Waals surface area contributed by atoms with Crippen molar-refractivity contribution in [1.82, 2.24) is 29.7 Å².